The van der Waals surface area contributed by atoms with E-state index in [1.807, 2.05) is 0 Å². The van der Waals surface area contributed by atoms with E-state index in [9.17, 15) is 18.0 Å². The van der Waals surface area contributed by atoms with Gasteiger partial charge in [-0.15, -0.1) is 0 Å². The van der Waals surface area contributed by atoms with Crippen LogP contribution in [0.1, 0.15) is 6.92 Å². The lowest BCUT2D eigenvalue weighted by atomic mass is 10.2. The van der Waals surface area contributed by atoms with Gasteiger partial charge in [0.25, 0.3) is 15.6 Å². The van der Waals surface area contributed by atoms with E-state index in [1.165, 1.54) is 18.3 Å². The van der Waals surface area contributed by atoms with E-state index in [1.54, 1.807) is 6.92 Å². The molecule has 21 heavy (non-hydrogen) atoms. The molecule has 116 valence electrons. The summed E-state index contributed by atoms with van der Waals surface area (Å²) in [6, 6.07) is 2.82. The van der Waals surface area contributed by atoms with E-state index in [0.29, 0.717) is 0 Å². The molecule has 1 fully saturated rings. The van der Waals surface area contributed by atoms with Gasteiger partial charge in [0.1, 0.15) is 11.6 Å². The highest BCUT2D eigenvalue weighted by molar-refractivity contribution is 7.93. The molecule has 2 heterocycles. The molecule has 0 spiro atoms. The van der Waals surface area contributed by atoms with Gasteiger partial charge in [0.15, 0.2) is 5.37 Å². The van der Waals surface area contributed by atoms with Crippen molar-refractivity contribution in [3.8, 4) is 0 Å². The minimum absolute atomic E-state index is 0.117. The molecule has 0 radical (unpaired) electrons. The molecular formula is C11H16N4O5S. The van der Waals surface area contributed by atoms with Crippen molar-refractivity contribution in [2.75, 3.05) is 17.9 Å². The number of sulfonamides is 1. The molecule has 2 unspecified atom stereocenters. The Morgan fingerprint density at radius 2 is 2.29 bits per heavy atom. The van der Waals surface area contributed by atoms with Crippen LogP contribution in [0.4, 0.5) is 5.69 Å². The fourth-order valence-corrected chi connectivity index (χ4v) is 3.42. The average molecular weight is 316 g/mol. The van der Waals surface area contributed by atoms with Crippen LogP contribution in [0.2, 0.25) is 0 Å². The van der Waals surface area contributed by atoms with Gasteiger partial charge in [-0.3, -0.25) is 19.7 Å². The van der Waals surface area contributed by atoms with Crippen molar-refractivity contribution in [3.05, 3.63) is 28.7 Å². The maximum Gasteiger partial charge on any atom is 0.313 e. The number of aromatic amines is 1. The van der Waals surface area contributed by atoms with E-state index >= 15 is 0 Å². The maximum atomic E-state index is 12.3. The van der Waals surface area contributed by atoms with Crippen molar-refractivity contribution in [2.45, 2.75) is 12.3 Å². The molecule has 1 aliphatic rings. The summed E-state index contributed by atoms with van der Waals surface area (Å²) in [5.74, 6) is -1.52. The van der Waals surface area contributed by atoms with Gasteiger partial charge >= 0.3 is 5.97 Å². The van der Waals surface area contributed by atoms with Crippen LogP contribution in [0, 0.1) is 5.92 Å². The molecule has 4 N–H and O–H groups in total. The summed E-state index contributed by atoms with van der Waals surface area (Å²) in [5.41, 5.74) is 4.44. The first kappa shape index (κ1) is 15.5. The predicted molar refractivity (Wildman–Crippen MR) is 74.7 cm³/mol. The van der Waals surface area contributed by atoms with Gasteiger partial charge in [-0.05, 0) is 19.1 Å². The fourth-order valence-electron chi connectivity index (χ4n) is 1.95. The normalized spacial score (nSPS) is 22.0. The number of H-pyrrole nitrogens is 1. The smallest absolute Gasteiger partial charge is 0.313 e. The van der Waals surface area contributed by atoms with Crippen molar-refractivity contribution in [1.82, 2.24) is 15.8 Å². The number of rotatable bonds is 5. The first-order valence-corrected chi connectivity index (χ1v) is 7.84. The van der Waals surface area contributed by atoms with Gasteiger partial charge in [-0.2, -0.15) is 0 Å². The molecule has 0 amide bonds. The molecule has 1 aromatic rings. The van der Waals surface area contributed by atoms with Crippen molar-refractivity contribution in [1.29, 1.82) is 0 Å². The highest BCUT2D eigenvalue weighted by Gasteiger charge is 2.42. The second-order valence-electron chi connectivity index (χ2n) is 4.36. The third-order valence-corrected chi connectivity index (χ3v) is 4.55. The molecule has 0 bridgehead atoms. The number of carbonyl (C=O) groups excluding carboxylic acids is 1. The molecule has 2 rings (SSSR count). The Labute approximate surface area is 121 Å². The minimum atomic E-state index is -3.99. The lowest BCUT2D eigenvalue weighted by Gasteiger charge is -2.18. The lowest BCUT2D eigenvalue weighted by Crippen LogP contribution is -2.44. The van der Waals surface area contributed by atoms with E-state index in [4.69, 9.17) is 4.74 Å². The number of carbonyl (C=O) groups is 1. The zero-order valence-electron chi connectivity index (χ0n) is 11.3. The van der Waals surface area contributed by atoms with Crippen LogP contribution < -0.4 is 21.1 Å². The standard InChI is InChI=1S/C11H16N4O5S/c1-2-20-11(17)7-6-13-14-10(7)21(18,19)15-8-4-3-5-12-9(8)16/h3-5,7,10,13-15H,2,6H2,1H3,(H,12,16). The summed E-state index contributed by atoms with van der Waals surface area (Å²) >= 11 is 0. The monoisotopic (exact) mass is 316 g/mol. The number of esters is 1. The van der Waals surface area contributed by atoms with Crippen LogP contribution in [0.25, 0.3) is 0 Å². The Morgan fingerprint density at radius 3 is 2.95 bits per heavy atom. The molecule has 2 atom stereocenters. The Bertz CT molecular complexity index is 671. The van der Waals surface area contributed by atoms with Crippen LogP contribution in [0.15, 0.2) is 23.1 Å². The van der Waals surface area contributed by atoms with E-state index in [0.717, 1.165) is 0 Å². The zero-order valence-corrected chi connectivity index (χ0v) is 12.1. The average Bonchev–Trinajstić information content (AvgIpc) is 2.92. The SMILES string of the molecule is CCOC(=O)C1CNNC1S(=O)(=O)Nc1ccc[nH]c1=O. The first-order valence-electron chi connectivity index (χ1n) is 6.30. The first-order chi connectivity index (χ1) is 9.95. The second-order valence-corrected chi connectivity index (χ2v) is 6.17. The molecule has 1 aliphatic heterocycles. The number of nitrogens with one attached hydrogen (secondary N) is 4. The molecule has 9 nitrogen and oxygen atoms in total. The summed E-state index contributed by atoms with van der Waals surface area (Å²) in [5, 5.41) is -1.23. The highest BCUT2D eigenvalue weighted by Crippen LogP contribution is 2.17. The van der Waals surface area contributed by atoms with E-state index in [2.05, 4.69) is 20.6 Å². The summed E-state index contributed by atoms with van der Waals surface area (Å²) in [6.07, 6.45) is 1.39. The zero-order chi connectivity index (χ0) is 15.5. The quantitative estimate of drug-likeness (QED) is 0.498. The third kappa shape index (κ3) is 3.40. The molecule has 0 saturated carbocycles. The van der Waals surface area contributed by atoms with Gasteiger partial charge in [-0.1, -0.05) is 0 Å². The minimum Gasteiger partial charge on any atom is -0.466 e. The Kier molecular flexibility index (Phi) is 4.60. The lowest BCUT2D eigenvalue weighted by molar-refractivity contribution is -0.147. The highest BCUT2D eigenvalue weighted by atomic mass is 32.2. The van der Waals surface area contributed by atoms with Gasteiger partial charge in [0, 0.05) is 12.7 Å². The Hall–Kier alpha value is -1.91. The van der Waals surface area contributed by atoms with Crippen molar-refractivity contribution >= 4 is 21.7 Å². The van der Waals surface area contributed by atoms with E-state index < -0.39 is 32.8 Å². The summed E-state index contributed by atoms with van der Waals surface area (Å²) in [6.45, 7) is 1.92. The number of pyridine rings is 1. The van der Waals surface area contributed by atoms with Crippen LogP contribution >= 0.6 is 0 Å². The fraction of sp³-hybridized carbons (Fsp3) is 0.455. The maximum absolute atomic E-state index is 12.3. The van der Waals surface area contributed by atoms with Crippen LogP contribution in [-0.4, -0.2) is 37.9 Å². The van der Waals surface area contributed by atoms with Crippen molar-refractivity contribution in [3.63, 3.8) is 0 Å². The third-order valence-electron chi connectivity index (χ3n) is 2.93. The summed E-state index contributed by atoms with van der Waals surface area (Å²) < 4.78 is 31.6. The van der Waals surface area contributed by atoms with Gasteiger partial charge in [0.2, 0.25) is 0 Å². The topological polar surface area (TPSA) is 129 Å². The van der Waals surface area contributed by atoms with Crippen molar-refractivity contribution in [2.24, 2.45) is 5.92 Å². The number of anilines is 1. The van der Waals surface area contributed by atoms with E-state index in [-0.39, 0.29) is 18.8 Å². The number of hydrogen-bond donors (Lipinski definition) is 4. The molecule has 1 aromatic heterocycles. The summed E-state index contributed by atoms with van der Waals surface area (Å²) in [7, 11) is -3.99. The predicted octanol–water partition coefficient (Wildman–Crippen LogP) is -1.27. The molecule has 1 saturated heterocycles. The number of hydrogen-bond acceptors (Lipinski definition) is 7. The number of hydrazine groups is 1. The van der Waals surface area contributed by atoms with Crippen molar-refractivity contribution < 1.29 is 17.9 Å². The van der Waals surface area contributed by atoms with Crippen LogP contribution in [0.3, 0.4) is 0 Å². The number of ether oxygens (including phenoxy) is 1. The largest absolute Gasteiger partial charge is 0.466 e. The summed E-state index contributed by atoms with van der Waals surface area (Å²) in [4.78, 5) is 25.6. The molecule has 0 aromatic carbocycles. The molecular weight excluding hydrogens is 300 g/mol. The second kappa shape index (κ2) is 6.24. The number of aromatic nitrogens is 1. The van der Waals surface area contributed by atoms with Gasteiger partial charge in [0.05, 0.1) is 6.61 Å². The molecule has 0 aliphatic carbocycles. The Balaban J connectivity index is 2.21. The molecule has 10 heteroatoms. The van der Waals surface area contributed by atoms with Gasteiger partial charge < -0.3 is 9.72 Å². The van der Waals surface area contributed by atoms with Gasteiger partial charge in [-0.25, -0.2) is 13.8 Å². The van der Waals surface area contributed by atoms with Crippen LogP contribution in [0.5, 0.6) is 0 Å². The van der Waals surface area contributed by atoms with Crippen LogP contribution in [-0.2, 0) is 19.6 Å². The Morgan fingerprint density at radius 1 is 1.52 bits per heavy atom.